The Kier molecular flexibility index (Phi) is 3.97. The molecule has 0 saturated heterocycles. The van der Waals surface area contributed by atoms with Gasteiger partial charge in [0.2, 0.25) is 10.0 Å². The molecule has 0 spiro atoms. The van der Waals surface area contributed by atoms with Crippen LogP contribution < -0.4 is 5.73 Å². The molecule has 8 heteroatoms. The molecule has 0 amide bonds. The average molecular weight is 306 g/mol. The maximum absolute atomic E-state index is 12.5. The second-order valence-electron chi connectivity index (χ2n) is 4.55. The number of hydrogen-bond acceptors (Lipinski definition) is 6. The Morgan fingerprint density at radius 1 is 1.43 bits per heavy atom. The van der Waals surface area contributed by atoms with Crippen molar-refractivity contribution in [1.29, 1.82) is 5.26 Å². The molecule has 0 saturated carbocycles. The van der Waals surface area contributed by atoms with Crippen molar-refractivity contribution in [3.63, 3.8) is 0 Å². The van der Waals surface area contributed by atoms with Gasteiger partial charge in [-0.25, -0.2) is 8.42 Å². The first-order chi connectivity index (χ1) is 9.84. The number of anilines is 1. The van der Waals surface area contributed by atoms with Crippen molar-refractivity contribution in [2.24, 2.45) is 0 Å². The summed E-state index contributed by atoms with van der Waals surface area (Å²) in [5, 5.41) is 12.5. The summed E-state index contributed by atoms with van der Waals surface area (Å²) in [6.07, 6.45) is 0. The van der Waals surface area contributed by atoms with Crippen LogP contribution in [-0.2, 0) is 16.6 Å². The normalized spacial score (nSPS) is 11.5. The Bertz CT molecular complexity index is 805. The first-order valence-corrected chi connectivity index (χ1v) is 7.47. The third-order valence-electron chi connectivity index (χ3n) is 2.89. The molecule has 0 aliphatic carbocycles. The lowest BCUT2D eigenvalue weighted by Gasteiger charge is -2.17. The molecule has 2 aromatic rings. The molecule has 1 aromatic carbocycles. The molecule has 0 fully saturated rings. The minimum Gasteiger partial charge on any atom is -0.398 e. The Morgan fingerprint density at radius 3 is 2.67 bits per heavy atom. The summed E-state index contributed by atoms with van der Waals surface area (Å²) in [7, 11) is -2.34. The Hall–Kier alpha value is -2.37. The summed E-state index contributed by atoms with van der Waals surface area (Å²) in [5.74, 6) is 0.605. The quantitative estimate of drug-likeness (QED) is 0.851. The summed E-state index contributed by atoms with van der Waals surface area (Å²) in [4.78, 5) is -0.0378. The number of rotatable bonds is 4. The van der Waals surface area contributed by atoms with Crippen molar-refractivity contribution in [2.75, 3.05) is 12.8 Å². The second kappa shape index (κ2) is 5.55. The second-order valence-corrected chi connectivity index (χ2v) is 6.57. The van der Waals surface area contributed by atoms with Gasteiger partial charge >= 0.3 is 0 Å². The summed E-state index contributed by atoms with van der Waals surface area (Å²) in [6.45, 7) is 1.79. The van der Waals surface area contributed by atoms with E-state index in [0.29, 0.717) is 17.0 Å². The molecule has 0 aliphatic rings. The van der Waals surface area contributed by atoms with Crippen LogP contribution in [0.1, 0.15) is 17.0 Å². The number of nitrogens with two attached hydrogens (primary N) is 1. The van der Waals surface area contributed by atoms with E-state index in [1.165, 1.54) is 25.2 Å². The summed E-state index contributed by atoms with van der Waals surface area (Å²) in [5.41, 5.74) is 6.58. The van der Waals surface area contributed by atoms with E-state index in [4.69, 9.17) is 15.5 Å². The predicted octanol–water partition coefficient (Wildman–Crippen LogP) is 1.26. The minimum absolute atomic E-state index is 0.0378. The number of nitrogen functional groups attached to an aromatic ring is 1. The van der Waals surface area contributed by atoms with Crippen molar-refractivity contribution < 1.29 is 12.9 Å². The van der Waals surface area contributed by atoms with Crippen molar-refractivity contribution in [3.05, 3.63) is 41.3 Å². The lowest BCUT2D eigenvalue weighted by Crippen LogP contribution is -2.27. The van der Waals surface area contributed by atoms with Crippen molar-refractivity contribution in [1.82, 2.24) is 9.46 Å². The van der Waals surface area contributed by atoms with Gasteiger partial charge < -0.3 is 10.3 Å². The topological polar surface area (TPSA) is 113 Å². The van der Waals surface area contributed by atoms with E-state index in [9.17, 15) is 8.42 Å². The van der Waals surface area contributed by atoms with Crippen LogP contribution in [0.2, 0.25) is 0 Å². The summed E-state index contributed by atoms with van der Waals surface area (Å²) in [6, 6.07) is 7.64. The zero-order valence-corrected chi connectivity index (χ0v) is 12.4. The molecule has 21 heavy (non-hydrogen) atoms. The molecule has 2 N–H and O–H groups in total. The molecular formula is C13H14N4O3S. The van der Waals surface area contributed by atoms with Crippen molar-refractivity contribution in [3.8, 4) is 6.07 Å². The zero-order valence-electron chi connectivity index (χ0n) is 11.6. The highest BCUT2D eigenvalue weighted by Gasteiger charge is 2.24. The van der Waals surface area contributed by atoms with Crippen molar-refractivity contribution >= 4 is 15.7 Å². The van der Waals surface area contributed by atoms with Gasteiger partial charge in [-0.05, 0) is 25.1 Å². The smallest absolute Gasteiger partial charge is 0.245 e. The number of nitrogens with zero attached hydrogens (tertiary/aromatic N) is 3. The lowest BCUT2D eigenvalue weighted by atomic mass is 10.2. The average Bonchev–Trinajstić information content (AvgIpc) is 2.83. The molecule has 0 radical (unpaired) electrons. The molecule has 2 rings (SSSR count). The highest BCUT2D eigenvalue weighted by Crippen LogP contribution is 2.23. The van der Waals surface area contributed by atoms with E-state index in [1.807, 2.05) is 6.07 Å². The van der Waals surface area contributed by atoms with Crippen LogP contribution in [0.3, 0.4) is 0 Å². The fourth-order valence-corrected chi connectivity index (χ4v) is 3.06. The van der Waals surface area contributed by atoms with E-state index in [1.54, 1.807) is 13.0 Å². The fraction of sp³-hybridized carbons (Fsp3) is 0.231. The molecule has 0 bridgehead atoms. The number of benzene rings is 1. The molecule has 1 aromatic heterocycles. The van der Waals surface area contributed by atoms with Crippen LogP contribution in [0.4, 0.5) is 5.69 Å². The standard InChI is InChI=1S/C13H14N4O3S/c1-9-5-11(16-20-9)8-17(2)21(18,19)13-4-3-10(7-14)6-12(13)15/h3-6H,8,15H2,1-2H3. The van der Waals surface area contributed by atoms with Crippen molar-refractivity contribution in [2.45, 2.75) is 18.4 Å². The van der Waals surface area contributed by atoms with E-state index in [-0.39, 0.29) is 17.1 Å². The highest BCUT2D eigenvalue weighted by atomic mass is 32.2. The zero-order chi connectivity index (χ0) is 15.6. The molecule has 0 aliphatic heterocycles. The molecule has 0 unspecified atom stereocenters. The summed E-state index contributed by atoms with van der Waals surface area (Å²) >= 11 is 0. The van der Waals surface area contributed by atoms with Crippen LogP contribution >= 0.6 is 0 Å². The van der Waals surface area contributed by atoms with E-state index < -0.39 is 10.0 Å². The summed E-state index contributed by atoms with van der Waals surface area (Å²) < 4.78 is 31.0. The largest absolute Gasteiger partial charge is 0.398 e. The van der Waals surface area contributed by atoms with Gasteiger partial charge in [0.25, 0.3) is 0 Å². The van der Waals surface area contributed by atoms with Crippen LogP contribution in [0.25, 0.3) is 0 Å². The van der Waals surface area contributed by atoms with Gasteiger partial charge in [-0.3, -0.25) is 0 Å². The lowest BCUT2D eigenvalue weighted by molar-refractivity contribution is 0.378. The van der Waals surface area contributed by atoms with Gasteiger partial charge in [-0.1, -0.05) is 5.16 Å². The molecular weight excluding hydrogens is 292 g/mol. The van der Waals surface area contributed by atoms with E-state index >= 15 is 0 Å². The fourth-order valence-electron chi connectivity index (χ4n) is 1.83. The van der Waals surface area contributed by atoms with Gasteiger partial charge in [0.15, 0.2) is 0 Å². The Morgan fingerprint density at radius 2 is 2.14 bits per heavy atom. The number of aromatic nitrogens is 1. The Balaban J connectivity index is 2.31. The molecule has 110 valence electrons. The highest BCUT2D eigenvalue weighted by molar-refractivity contribution is 7.89. The SMILES string of the molecule is Cc1cc(CN(C)S(=O)(=O)c2ccc(C#N)cc2N)no1. The van der Waals surface area contributed by atoms with Gasteiger partial charge in [0.1, 0.15) is 10.7 Å². The number of aryl methyl sites for hydroxylation is 1. The van der Waals surface area contributed by atoms with E-state index in [2.05, 4.69) is 5.16 Å². The van der Waals surface area contributed by atoms with Gasteiger partial charge in [0.05, 0.1) is 29.6 Å². The number of nitriles is 1. The first kappa shape index (κ1) is 15.0. The maximum atomic E-state index is 12.5. The van der Waals surface area contributed by atoms with Crippen LogP contribution in [0.5, 0.6) is 0 Å². The van der Waals surface area contributed by atoms with Gasteiger partial charge in [0, 0.05) is 13.1 Å². The van der Waals surface area contributed by atoms with E-state index in [0.717, 1.165) is 4.31 Å². The third-order valence-corrected chi connectivity index (χ3v) is 4.77. The molecule has 7 nitrogen and oxygen atoms in total. The monoisotopic (exact) mass is 306 g/mol. The predicted molar refractivity (Wildman–Crippen MR) is 75.5 cm³/mol. The van der Waals surface area contributed by atoms with Crippen LogP contribution in [0, 0.1) is 18.3 Å². The third kappa shape index (κ3) is 3.04. The van der Waals surface area contributed by atoms with Crippen LogP contribution in [-0.4, -0.2) is 24.9 Å². The van der Waals surface area contributed by atoms with Crippen LogP contribution in [0.15, 0.2) is 33.7 Å². The minimum atomic E-state index is -3.77. The maximum Gasteiger partial charge on any atom is 0.245 e. The molecule has 1 heterocycles. The Labute approximate surface area is 122 Å². The van der Waals surface area contributed by atoms with Gasteiger partial charge in [-0.2, -0.15) is 9.57 Å². The molecule has 0 atom stereocenters. The first-order valence-electron chi connectivity index (χ1n) is 6.02. The van der Waals surface area contributed by atoms with Gasteiger partial charge in [-0.15, -0.1) is 0 Å². The number of sulfonamides is 1. The number of hydrogen-bond donors (Lipinski definition) is 1.